The molecule has 4 aromatic rings. The lowest BCUT2D eigenvalue weighted by Gasteiger charge is -2.33. The molecule has 2 unspecified atom stereocenters. The monoisotopic (exact) mass is 684 g/mol. The Morgan fingerprint density at radius 2 is 2.06 bits per heavy atom. The predicted octanol–water partition coefficient (Wildman–Crippen LogP) is 6.62. The molecule has 5 heterocycles. The molecule has 0 amide bonds. The maximum atomic E-state index is 17.2. The number of benzene rings is 2. The average molecular weight is 685 g/mol. The van der Waals surface area contributed by atoms with Crippen LogP contribution in [-0.2, 0) is 4.74 Å². The first-order chi connectivity index (χ1) is 22.7. The van der Waals surface area contributed by atoms with E-state index in [4.69, 9.17) is 36.5 Å². The van der Waals surface area contributed by atoms with Crippen LogP contribution >= 0.6 is 22.9 Å². The maximum Gasteiger partial charge on any atom is 0.319 e. The second kappa shape index (κ2) is 11.5. The Labute approximate surface area is 278 Å². The topological polar surface area (TPSA) is 110 Å². The van der Waals surface area contributed by atoms with E-state index in [1.54, 1.807) is 7.11 Å². The molecule has 246 valence electrons. The van der Waals surface area contributed by atoms with E-state index in [0.717, 1.165) is 50.0 Å². The van der Waals surface area contributed by atoms with Gasteiger partial charge in [-0.3, -0.25) is 4.90 Å². The van der Waals surface area contributed by atoms with Gasteiger partial charge in [0.15, 0.2) is 11.6 Å². The van der Waals surface area contributed by atoms with Crippen LogP contribution in [0, 0.1) is 23.0 Å². The summed E-state index contributed by atoms with van der Waals surface area (Å²) in [5.74, 6) is -0.785. The summed E-state index contributed by atoms with van der Waals surface area (Å²) in [5, 5.41) is 10.4. The van der Waals surface area contributed by atoms with E-state index in [1.807, 2.05) is 6.07 Å². The first-order valence-electron chi connectivity index (χ1n) is 15.8. The molecule has 3 fully saturated rings. The van der Waals surface area contributed by atoms with Crippen LogP contribution in [0.2, 0.25) is 5.02 Å². The minimum atomic E-state index is -0.941. The Morgan fingerprint density at radius 3 is 2.87 bits per heavy atom. The van der Waals surface area contributed by atoms with Gasteiger partial charge in [0, 0.05) is 31.0 Å². The van der Waals surface area contributed by atoms with Crippen molar-refractivity contribution in [3.05, 3.63) is 34.4 Å². The number of aromatic nitrogens is 2. The molecule has 2 aromatic carbocycles. The van der Waals surface area contributed by atoms with Gasteiger partial charge in [-0.25, -0.2) is 13.2 Å². The standard InChI is InChI=1S/C33H32ClF3N6O3S/c1-44-21-5-2-4-20(21)43-10-11-45-28-24-27(40-32(41-31(24)43)46-15-33-8-3-9-42(33)14-16(35)12-33)26(37)23(25(28)34)17-6-7-19(36)29-22(17)18(13-38)30(39)47-29/h6-7,16,20-21H,2-5,8-12,14-15,39H2,1H3/t16-,20?,21?,33+/m1/s1. The SMILES string of the molecule is COC1CCCC1N1CCOc2c(Cl)c(-c3ccc(F)c4sc(N)c(C#N)c34)c(F)c3nc(OC[C@@]45CCCN4C[C@H](F)C5)nc1c23. The molecule has 9 nitrogen and oxygen atoms in total. The molecule has 1 saturated carbocycles. The summed E-state index contributed by atoms with van der Waals surface area (Å²) in [6, 6.07) is 4.52. The minimum absolute atomic E-state index is 0.0374. The van der Waals surface area contributed by atoms with Gasteiger partial charge in [0.25, 0.3) is 0 Å². The fourth-order valence-electron chi connectivity index (χ4n) is 8.25. The summed E-state index contributed by atoms with van der Waals surface area (Å²) in [5.41, 5.74) is 5.67. The van der Waals surface area contributed by atoms with Gasteiger partial charge in [0.2, 0.25) is 0 Å². The number of methoxy groups -OCH3 is 1. The van der Waals surface area contributed by atoms with E-state index in [2.05, 4.69) is 14.8 Å². The van der Waals surface area contributed by atoms with Crippen molar-refractivity contribution >= 4 is 54.7 Å². The van der Waals surface area contributed by atoms with Crippen molar-refractivity contribution in [1.82, 2.24) is 14.9 Å². The molecular formula is C33H32ClF3N6O3S. The smallest absolute Gasteiger partial charge is 0.319 e. The highest BCUT2D eigenvalue weighted by Crippen LogP contribution is 2.51. The Morgan fingerprint density at radius 1 is 1.21 bits per heavy atom. The van der Waals surface area contributed by atoms with Crippen molar-refractivity contribution in [2.75, 3.05) is 50.6 Å². The number of alkyl halides is 1. The van der Waals surface area contributed by atoms with Crippen LogP contribution < -0.4 is 20.1 Å². The third kappa shape index (κ3) is 4.70. The van der Waals surface area contributed by atoms with Gasteiger partial charge >= 0.3 is 6.01 Å². The molecule has 2 aromatic heterocycles. The van der Waals surface area contributed by atoms with Crippen LogP contribution in [0.5, 0.6) is 11.8 Å². The van der Waals surface area contributed by atoms with Gasteiger partial charge in [-0.1, -0.05) is 17.7 Å². The normalized spacial score (nSPS) is 25.7. The summed E-state index contributed by atoms with van der Waals surface area (Å²) in [6.45, 7) is 1.94. The zero-order valence-corrected chi connectivity index (χ0v) is 27.2. The number of rotatable bonds is 6. The number of nitrogen functional groups attached to an aromatic ring is 1. The Bertz CT molecular complexity index is 1970. The number of ether oxygens (including phenoxy) is 3. The summed E-state index contributed by atoms with van der Waals surface area (Å²) in [7, 11) is 1.68. The molecule has 14 heteroatoms. The molecule has 2 saturated heterocycles. The van der Waals surface area contributed by atoms with Crippen molar-refractivity contribution in [2.24, 2.45) is 0 Å². The lowest BCUT2D eigenvalue weighted by atomic mass is 9.95. The molecule has 3 aliphatic heterocycles. The van der Waals surface area contributed by atoms with E-state index >= 15 is 4.39 Å². The highest BCUT2D eigenvalue weighted by atomic mass is 35.5. The Balaban J connectivity index is 1.35. The maximum absolute atomic E-state index is 17.2. The van der Waals surface area contributed by atoms with Gasteiger partial charge in [0.1, 0.15) is 47.6 Å². The molecular weight excluding hydrogens is 653 g/mol. The molecule has 8 rings (SSSR count). The molecule has 4 aliphatic rings. The first kappa shape index (κ1) is 30.7. The zero-order valence-electron chi connectivity index (χ0n) is 25.6. The Kier molecular flexibility index (Phi) is 7.55. The summed E-state index contributed by atoms with van der Waals surface area (Å²) in [4.78, 5) is 13.7. The van der Waals surface area contributed by atoms with Gasteiger partial charge in [-0.2, -0.15) is 15.2 Å². The van der Waals surface area contributed by atoms with E-state index in [9.17, 15) is 14.0 Å². The molecule has 0 spiro atoms. The number of halogens is 4. The van der Waals surface area contributed by atoms with E-state index in [-0.39, 0.29) is 84.8 Å². The largest absolute Gasteiger partial charge is 0.489 e. The van der Waals surface area contributed by atoms with Crippen molar-refractivity contribution in [2.45, 2.75) is 62.4 Å². The average Bonchev–Trinajstić information content (AvgIpc) is 3.80. The third-order valence-electron chi connectivity index (χ3n) is 10.3. The van der Waals surface area contributed by atoms with Crippen molar-refractivity contribution in [1.29, 1.82) is 5.26 Å². The van der Waals surface area contributed by atoms with Gasteiger partial charge in [-0.15, -0.1) is 11.3 Å². The Hall–Kier alpha value is -3.57. The predicted molar refractivity (Wildman–Crippen MR) is 174 cm³/mol. The number of hydrogen-bond acceptors (Lipinski definition) is 10. The number of nitrogens with two attached hydrogens (primary N) is 1. The number of fused-ring (bicyclic) bond motifs is 2. The number of hydrogen-bond donors (Lipinski definition) is 1. The van der Waals surface area contributed by atoms with Gasteiger partial charge < -0.3 is 24.8 Å². The molecule has 47 heavy (non-hydrogen) atoms. The number of thiophene rings is 1. The van der Waals surface area contributed by atoms with Crippen LogP contribution in [0.1, 0.15) is 44.1 Å². The lowest BCUT2D eigenvalue weighted by molar-refractivity contribution is 0.0922. The second-order valence-corrected chi connectivity index (χ2v) is 14.2. The molecule has 2 N–H and O–H groups in total. The van der Waals surface area contributed by atoms with Crippen LogP contribution in [-0.4, -0.2) is 78.7 Å². The minimum Gasteiger partial charge on any atom is -0.489 e. The summed E-state index contributed by atoms with van der Waals surface area (Å²) in [6.07, 6.45) is 3.72. The number of nitriles is 1. The highest BCUT2D eigenvalue weighted by molar-refractivity contribution is 7.23. The van der Waals surface area contributed by atoms with Crippen molar-refractivity contribution in [3.8, 4) is 29.0 Å². The van der Waals surface area contributed by atoms with Crippen molar-refractivity contribution in [3.63, 3.8) is 0 Å². The fraction of sp³-hybridized carbons (Fsp3) is 0.485. The van der Waals surface area contributed by atoms with Gasteiger partial charge in [0.05, 0.1) is 44.9 Å². The van der Waals surface area contributed by atoms with E-state index in [0.29, 0.717) is 25.3 Å². The molecule has 0 radical (unpaired) electrons. The second-order valence-electron chi connectivity index (χ2n) is 12.8. The van der Waals surface area contributed by atoms with Crippen LogP contribution in [0.15, 0.2) is 12.1 Å². The highest BCUT2D eigenvalue weighted by Gasteiger charge is 2.49. The summed E-state index contributed by atoms with van der Waals surface area (Å²) >= 11 is 7.95. The lowest BCUT2D eigenvalue weighted by Crippen LogP contribution is -2.44. The fourth-order valence-corrected chi connectivity index (χ4v) is 9.53. The first-order valence-corrected chi connectivity index (χ1v) is 17.0. The zero-order chi connectivity index (χ0) is 32.6. The van der Waals surface area contributed by atoms with Crippen LogP contribution in [0.4, 0.5) is 24.0 Å². The van der Waals surface area contributed by atoms with Crippen molar-refractivity contribution < 1.29 is 27.4 Å². The van der Waals surface area contributed by atoms with E-state index in [1.165, 1.54) is 12.1 Å². The van der Waals surface area contributed by atoms with Crippen LogP contribution in [0.25, 0.3) is 32.1 Å². The molecule has 1 aliphatic carbocycles. The quantitative estimate of drug-likeness (QED) is 0.240. The number of nitrogens with zero attached hydrogens (tertiary/aromatic N) is 5. The van der Waals surface area contributed by atoms with Gasteiger partial charge in [-0.05, 0) is 50.3 Å². The third-order valence-corrected chi connectivity index (χ3v) is 11.7. The number of anilines is 2. The summed E-state index contributed by atoms with van der Waals surface area (Å²) < 4.78 is 65.2. The van der Waals surface area contributed by atoms with Crippen LogP contribution in [0.3, 0.4) is 0 Å². The molecule has 4 atom stereocenters. The molecule has 0 bridgehead atoms. The van der Waals surface area contributed by atoms with E-state index < -0.39 is 23.3 Å².